The quantitative estimate of drug-likeness (QED) is 0.171. The third-order valence-corrected chi connectivity index (χ3v) is 8.38. The van der Waals surface area contributed by atoms with Crippen LogP contribution >= 0.6 is 0 Å². The molecular weight excluding hydrogens is 480 g/mol. The van der Waals surface area contributed by atoms with Crippen molar-refractivity contribution in [1.29, 1.82) is 10.8 Å². The second-order valence-electron chi connectivity index (χ2n) is 11.2. The molecule has 2 aliphatic rings. The lowest BCUT2D eigenvalue weighted by Gasteiger charge is -2.39. The molecule has 206 valence electrons. The van der Waals surface area contributed by atoms with Gasteiger partial charge in [0.15, 0.2) is 0 Å². The first kappa shape index (κ1) is 28.7. The van der Waals surface area contributed by atoms with Gasteiger partial charge in [0.25, 0.3) is 0 Å². The van der Waals surface area contributed by atoms with E-state index in [-0.39, 0.29) is 6.04 Å². The molecule has 2 aliphatic heterocycles. The Morgan fingerprint density at radius 3 is 2.56 bits per heavy atom. The minimum atomic E-state index is 0.258. The Hall–Kier alpha value is -3.31. The maximum Gasteiger partial charge on any atom is 0.120 e. The highest BCUT2D eigenvalue weighted by atomic mass is 16.1. The molecule has 0 aliphatic carbocycles. The normalized spacial score (nSPS) is 18.2. The van der Waals surface area contributed by atoms with Crippen LogP contribution < -0.4 is 0 Å². The van der Waals surface area contributed by atoms with E-state index in [1.165, 1.54) is 36.0 Å². The van der Waals surface area contributed by atoms with Crippen molar-refractivity contribution in [2.75, 3.05) is 13.1 Å². The Labute approximate surface area is 234 Å². The van der Waals surface area contributed by atoms with Crippen LogP contribution in [-0.2, 0) is 24.2 Å². The molecule has 0 bridgehead atoms. The average Bonchev–Trinajstić information content (AvgIpc) is 2.95. The van der Waals surface area contributed by atoms with E-state index >= 15 is 0 Å². The number of nitrogens with zero attached hydrogens (tertiary/aromatic N) is 2. The van der Waals surface area contributed by atoms with Crippen LogP contribution in [-0.4, -0.2) is 52.7 Å². The summed E-state index contributed by atoms with van der Waals surface area (Å²) in [7, 11) is 0. The number of rotatable bonds is 13. The van der Waals surface area contributed by atoms with Gasteiger partial charge in [-0.1, -0.05) is 55.1 Å². The van der Waals surface area contributed by atoms with Crippen LogP contribution in [0.3, 0.4) is 0 Å². The molecule has 2 heterocycles. The topological polar surface area (TPSA) is 71.2 Å². The zero-order valence-electron chi connectivity index (χ0n) is 23.6. The summed E-state index contributed by atoms with van der Waals surface area (Å²) in [6.45, 7) is 13.2. The monoisotopic (exact) mass is 524 g/mol. The van der Waals surface area contributed by atoms with Crippen molar-refractivity contribution >= 4 is 23.4 Å². The second-order valence-corrected chi connectivity index (χ2v) is 11.2. The highest BCUT2D eigenvalue weighted by Gasteiger charge is 2.25. The maximum atomic E-state index is 10.9. The van der Waals surface area contributed by atoms with Gasteiger partial charge in [-0.15, -0.1) is 6.58 Å². The van der Waals surface area contributed by atoms with Crippen molar-refractivity contribution in [2.45, 2.75) is 83.3 Å². The molecular formula is C34H44N4O. The Balaban J connectivity index is 1.39. The van der Waals surface area contributed by atoms with E-state index in [1.54, 1.807) is 6.92 Å². The number of likely N-dealkylation sites (tertiary alicyclic amines) is 1. The number of hydrogen-bond donors (Lipinski definition) is 2. The first-order chi connectivity index (χ1) is 18.9. The molecule has 2 aromatic carbocycles. The molecule has 4 rings (SSSR count). The van der Waals surface area contributed by atoms with E-state index < -0.39 is 0 Å². The Kier molecular flexibility index (Phi) is 10.0. The molecule has 2 atom stereocenters. The molecule has 0 aromatic heterocycles. The van der Waals surface area contributed by atoms with Gasteiger partial charge < -0.3 is 20.5 Å². The zero-order valence-corrected chi connectivity index (χ0v) is 23.6. The molecule has 2 unspecified atom stereocenters. The molecule has 2 aromatic rings. The number of fused-ring (bicyclic) bond motifs is 1. The van der Waals surface area contributed by atoms with Gasteiger partial charge in [-0.2, -0.15) is 0 Å². The lowest BCUT2D eigenvalue weighted by molar-refractivity contribution is -0.108. The smallest absolute Gasteiger partial charge is 0.120 e. The van der Waals surface area contributed by atoms with Crippen molar-refractivity contribution in [3.63, 3.8) is 0 Å². The molecule has 5 nitrogen and oxygen atoms in total. The van der Waals surface area contributed by atoms with E-state index in [1.807, 2.05) is 18.2 Å². The maximum absolute atomic E-state index is 10.9. The Morgan fingerprint density at radius 1 is 1.08 bits per heavy atom. The van der Waals surface area contributed by atoms with E-state index in [4.69, 9.17) is 10.8 Å². The van der Waals surface area contributed by atoms with Gasteiger partial charge in [0, 0.05) is 61.7 Å². The van der Waals surface area contributed by atoms with Gasteiger partial charge in [-0.3, -0.25) is 4.90 Å². The van der Waals surface area contributed by atoms with E-state index in [9.17, 15) is 4.79 Å². The second kappa shape index (κ2) is 13.7. The number of carbonyl (C=O) groups excluding carboxylic acids is 1. The molecule has 0 spiro atoms. The summed E-state index contributed by atoms with van der Waals surface area (Å²) in [5.74, 6) is 0. The van der Waals surface area contributed by atoms with Crippen LogP contribution in [0.2, 0.25) is 0 Å². The number of aryl methyl sites for hydroxylation is 1. The van der Waals surface area contributed by atoms with Crippen molar-refractivity contribution in [3.8, 4) is 0 Å². The van der Waals surface area contributed by atoms with Gasteiger partial charge in [0.2, 0.25) is 0 Å². The van der Waals surface area contributed by atoms with E-state index in [0.717, 1.165) is 68.4 Å². The molecule has 0 radical (unpaired) electrons. The first-order valence-corrected chi connectivity index (χ1v) is 14.5. The first-order valence-electron chi connectivity index (χ1n) is 14.5. The van der Waals surface area contributed by atoms with Crippen molar-refractivity contribution in [1.82, 2.24) is 9.80 Å². The van der Waals surface area contributed by atoms with Crippen LogP contribution in [0.15, 0.2) is 61.7 Å². The highest BCUT2D eigenvalue weighted by Crippen LogP contribution is 2.30. The number of hydrogen-bond acceptors (Lipinski definition) is 5. The third-order valence-electron chi connectivity index (χ3n) is 8.38. The summed E-state index contributed by atoms with van der Waals surface area (Å²) in [6, 6.07) is 15.9. The number of aldehydes is 1. The van der Waals surface area contributed by atoms with Crippen LogP contribution in [0, 0.1) is 10.8 Å². The van der Waals surface area contributed by atoms with E-state index in [0.29, 0.717) is 30.3 Å². The number of carbonyl (C=O) groups is 1. The van der Waals surface area contributed by atoms with E-state index in [2.05, 4.69) is 53.3 Å². The lowest BCUT2D eigenvalue weighted by Crippen LogP contribution is -2.38. The minimum absolute atomic E-state index is 0.258. The Bertz CT molecular complexity index is 1200. The summed E-state index contributed by atoms with van der Waals surface area (Å²) in [6.07, 6.45) is 11.7. The van der Waals surface area contributed by atoms with Gasteiger partial charge in [0.1, 0.15) is 6.29 Å². The lowest BCUT2D eigenvalue weighted by atomic mass is 9.91. The van der Waals surface area contributed by atoms with Gasteiger partial charge in [-0.05, 0) is 79.7 Å². The molecule has 5 heteroatoms. The van der Waals surface area contributed by atoms with Crippen molar-refractivity contribution in [2.24, 2.45) is 0 Å². The number of benzene rings is 2. The standard InChI is InChI=1S/C34H44N4O/c1-4-32(9-7-21-39)37-20-18-29-12-10-27(23-31(29)24-37)11-17-33-8-5-6-19-38(33)26(3)28-13-15-30(16-14-28)34(36)22-25(2)35/h4,10,12-16,21,23,32-33,35-36H,1,3,5-9,11,17-20,22,24H2,2H3. The van der Waals surface area contributed by atoms with Crippen LogP contribution in [0.5, 0.6) is 0 Å². The number of nitrogens with one attached hydrogen (secondary N) is 2. The van der Waals surface area contributed by atoms with Gasteiger partial charge in [0.05, 0.1) is 0 Å². The fourth-order valence-electron chi connectivity index (χ4n) is 6.15. The fourth-order valence-corrected chi connectivity index (χ4v) is 6.15. The fraction of sp³-hybridized carbons (Fsp3) is 0.441. The number of piperidine rings is 1. The van der Waals surface area contributed by atoms with Crippen molar-refractivity contribution < 1.29 is 4.79 Å². The average molecular weight is 525 g/mol. The summed E-state index contributed by atoms with van der Waals surface area (Å²) >= 11 is 0. The molecule has 1 saturated heterocycles. The molecule has 0 amide bonds. The molecule has 0 saturated carbocycles. The summed E-state index contributed by atoms with van der Waals surface area (Å²) in [5.41, 5.74) is 8.35. The van der Waals surface area contributed by atoms with Gasteiger partial charge >= 0.3 is 0 Å². The van der Waals surface area contributed by atoms with Crippen molar-refractivity contribution in [3.05, 3.63) is 89.5 Å². The largest absolute Gasteiger partial charge is 0.369 e. The molecule has 2 N–H and O–H groups in total. The van der Waals surface area contributed by atoms with Crippen LogP contribution in [0.4, 0.5) is 0 Å². The zero-order chi connectivity index (χ0) is 27.8. The summed E-state index contributed by atoms with van der Waals surface area (Å²) in [4.78, 5) is 15.9. The van der Waals surface area contributed by atoms with Gasteiger partial charge in [-0.25, -0.2) is 0 Å². The molecule has 39 heavy (non-hydrogen) atoms. The Morgan fingerprint density at radius 2 is 1.85 bits per heavy atom. The summed E-state index contributed by atoms with van der Waals surface area (Å²) in [5, 5.41) is 15.9. The summed E-state index contributed by atoms with van der Waals surface area (Å²) < 4.78 is 0. The SMILES string of the molecule is C=CC(CCC=O)N1CCc2ccc(CCC3CCCCN3C(=C)c3ccc(C(=N)CC(C)=N)cc3)cc2C1. The third kappa shape index (κ3) is 7.42. The highest BCUT2D eigenvalue weighted by molar-refractivity contribution is 6.09. The minimum Gasteiger partial charge on any atom is -0.369 e. The van der Waals surface area contributed by atoms with Crippen LogP contribution in [0.25, 0.3) is 5.70 Å². The predicted molar refractivity (Wildman–Crippen MR) is 163 cm³/mol. The van der Waals surface area contributed by atoms with Crippen LogP contribution in [0.1, 0.15) is 79.7 Å². The predicted octanol–water partition coefficient (Wildman–Crippen LogP) is 6.83. The molecule has 1 fully saturated rings.